The van der Waals surface area contributed by atoms with E-state index in [1.54, 1.807) is 0 Å². The minimum Gasteiger partial charge on any atom is -0.393 e. The normalized spacial score (nSPS) is 12.5. The van der Waals surface area contributed by atoms with E-state index in [4.69, 9.17) is 29.6 Å². The van der Waals surface area contributed by atoms with Gasteiger partial charge >= 0.3 is 0 Å². The first-order valence-corrected chi connectivity index (χ1v) is 4.92. The van der Waals surface area contributed by atoms with Crippen LogP contribution in [0.1, 0.15) is 24.8 Å². The molecule has 0 bridgehead atoms. The average molecular weight is 214 g/mol. The van der Waals surface area contributed by atoms with Gasteiger partial charge in [0.25, 0.3) is 0 Å². The van der Waals surface area contributed by atoms with Crippen molar-refractivity contribution in [2.75, 3.05) is 0 Å². The Labute approximate surface area is 88.9 Å². The quantitative estimate of drug-likeness (QED) is 0.781. The van der Waals surface area contributed by atoms with Crippen molar-refractivity contribution in [2.24, 2.45) is 5.73 Å². The van der Waals surface area contributed by atoms with Gasteiger partial charge in [-0.2, -0.15) is 0 Å². The second-order valence-corrected chi connectivity index (χ2v) is 4.09. The van der Waals surface area contributed by atoms with Gasteiger partial charge in [0.05, 0.1) is 4.99 Å². The summed E-state index contributed by atoms with van der Waals surface area (Å²) in [6.45, 7) is 2.09. The van der Waals surface area contributed by atoms with Crippen molar-refractivity contribution in [3.8, 4) is 0 Å². The molecule has 3 heteroatoms. The molecule has 70 valence electrons. The fourth-order valence-electron chi connectivity index (χ4n) is 1.23. The first kappa shape index (κ1) is 10.5. The van der Waals surface area contributed by atoms with Gasteiger partial charge in [-0.1, -0.05) is 42.9 Å². The predicted octanol–water partition coefficient (Wildman–Crippen LogP) is 3.12. The number of hydrogen-bond acceptors (Lipinski definition) is 1. The van der Waals surface area contributed by atoms with Crippen LogP contribution >= 0.6 is 23.8 Å². The molecular formula is C10H12ClNS. The molecule has 0 fully saturated rings. The summed E-state index contributed by atoms with van der Waals surface area (Å²) in [6.07, 6.45) is 0.732. The van der Waals surface area contributed by atoms with Crippen molar-refractivity contribution in [1.82, 2.24) is 0 Å². The molecule has 1 unspecified atom stereocenters. The van der Waals surface area contributed by atoms with Gasteiger partial charge in [0.15, 0.2) is 0 Å². The molecule has 0 aliphatic heterocycles. The van der Waals surface area contributed by atoms with Gasteiger partial charge in [-0.25, -0.2) is 0 Å². The van der Waals surface area contributed by atoms with E-state index in [1.807, 2.05) is 24.3 Å². The van der Waals surface area contributed by atoms with Crippen molar-refractivity contribution in [3.63, 3.8) is 0 Å². The molecule has 1 atom stereocenters. The highest BCUT2D eigenvalue weighted by atomic mass is 35.5. The van der Waals surface area contributed by atoms with Gasteiger partial charge < -0.3 is 5.73 Å². The topological polar surface area (TPSA) is 26.0 Å². The van der Waals surface area contributed by atoms with E-state index in [-0.39, 0.29) is 0 Å². The van der Waals surface area contributed by atoms with E-state index in [2.05, 4.69) is 6.92 Å². The third-order valence-corrected chi connectivity index (χ3v) is 2.33. The molecule has 0 aliphatic rings. The van der Waals surface area contributed by atoms with E-state index < -0.39 is 0 Å². The molecule has 1 rings (SSSR count). The van der Waals surface area contributed by atoms with Crippen LogP contribution in [-0.4, -0.2) is 4.99 Å². The highest BCUT2D eigenvalue weighted by Crippen LogP contribution is 2.21. The highest BCUT2D eigenvalue weighted by molar-refractivity contribution is 7.80. The van der Waals surface area contributed by atoms with Crippen LogP contribution in [0.3, 0.4) is 0 Å². The molecule has 0 aliphatic carbocycles. The van der Waals surface area contributed by atoms with E-state index in [9.17, 15) is 0 Å². The highest BCUT2D eigenvalue weighted by Gasteiger charge is 2.06. The van der Waals surface area contributed by atoms with Crippen LogP contribution in [-0.2, 0) is 0 Å². The molecule has 1 aromatic carbocycles. The first-order chi connectivity index (χ1) is 6.09. The van der Waals surface area contributed by atoms with Crippen LogP contribution in [0.15, 0.2) is 24.3 Å². The van der Waals surface area contributed by atoms with Gasteiger partial charge in [-0.15, -0.1) is 0 Å². The van der Waals surface area contributed by atoms with Crippen LogP contribution < -0.4 is 5.73 Å². The van der Waals surface area contributed by atoms with E-state index >= 15 is 0 Å². The minimum atomic E-state index is 0.344. The van der Waals surface area contributed by atoms with E-state index in [1.165, 1.54) is 5.56 Å². The Balaban J connectivity index is 2.76. The van der Waals surface area contributed by atoms with Crippen LogP contribution in [0.25, 0.3) is 0 Å². The number of rotatable bonds is 3. The van der Waals surface area contributed by atoms with Crippen molar-refractivity contribution in [1.29, 1.82) is 0 Å². The predicted molar refractivity (Wildman–Crippen MR) is 61.3 cm³/mol. The van der Waals surface area contributed by atoms with Crippen molar-refractivity contribution in [3.05, 3.63) is 34.9 Å². The number of nitrogens with two attached hydrogens (primary N) is 1. The fraction of sp³-hybridized carbons (Fsp3) is 0.300. The summed E-state index contributed by atoms with van der Waals surface area (Å²) in [5.74, 6) is 0.344. The zero-order valence-corrected chi connectivity index (χ0v) is 9.03. The van der Waals surface area contributed by atoms with Gasteiger partial charge in [-0.3, -0.25) is 0 Å². The molecule has 0 radical (unpaired) electrons. The van der Waals surface area contributed by atoms with Gasteiger partial charge in [0.2, 0.25) is 0 Å². The van der Waals surface area contributed by atoms with Crippen LogP contribution in [0.5, 0.6) is 0 Å². The van der Waals surface area contributed by atoms with Crippen LogP contribution in [0, 0.1) is 0 Å². The second-order valence-electron chi connectivity index (χ2n) is 3.13. The summed E-state index contributed by atoms with van der Waals surface area (Å²) in [6, 6.07) is 7.78. The number of thiocarbonyl (C=S) groups is 1. The first-order valence-electron chi connectivity index (χ1n) is 4.13. The summed E-state index contributed by atoms with van der Waals surface area (Å²) >= 11 is 10.7. The summed E-state index contributed by atoms with van der Waals surface area (Å²) < 4.78 is 0. The maximum Gasteiger partial charge on any atom is 0.0733 e. The summed E-state index contributed by atoms with van der Waals surface area (Å²) in [5.41, 5.74) is 6.65. The molecule has 13 heavy (non-hydrogen) atoms. The Hall–Kier alpha value is -0.600. The Morgan fingerprint density at radius 1 is 1.62 bits per heavy atom. The maximum absolute atomic E-state index is 5.86. The summed E-state index contributed by atoms with van der Waals surface area (Å²) in [7, 11) is 0. The standard InChI is InChI=1S/C10H12ClNS/c1-7(5-10(12)13)8-3-2-4-9(11)6-8/h2-4,6-7H,5H2,1H3,(H2,12,13). The van der Waals surface area contributed by atoms with Crippen molar-refractivity contribution >= 4 is 28.8 Å². The molecule has 1 nitrogen and oxygen atoms in total. The Bertz CT molecular complexity index is 312. The van der Waals surface area contributed by atoms with Crippen LogP contribution in [0.2, 0.25) is 5.02 Å². The van der Waals surface area contributed by atoms with Gasteiger partial charge in [0.1, 0.15) is 0 Å². The molecular weight excluding hydrogens is 202 g/mol. The minimum absolute atomic E-state index is 0.344. The Morgan fingerprint density at radius 2 is 2.31 bits per heavy atom. The van der Waals surface area contributed by atoms with E-state index in [0.717, 1.165) is 11.4 Å². The lowest BCUT2D eigenvalue weighted by Gasteiger charge is -2.10. The molecule has 0 amide bonds. The lowest BCUT2D eigenvalue weighted by molar-refractivity contribution is 0.807. The SMILES string of the molecule is CC(CC(N)=S)c1cccc(Cl)c1. The van der Waals surface area contributed by atoms with E-state index in [0.29, 0.717) is 10.9 Å². The zero-order chi connectivity index (χ0) is 9.84. The smallest absolute Gasteiger partial charge is 0.0733 e. The number of halogens is 1. The maximum atomic E-state index is 5.86. The van der Waals surface area contributed by atoms with Crippen LogP contribution in [0.4, 0.5) is 0 Å². The fourth-order valence-corrected chi connectivity index (χ4v) is 1.68. The van der Waals surface area contributed by atoms with Crippen molar-refractivity contribution in [2.45, 2.75) is 19.3 Å². The van der Waals surface area contributed by atoms with Crippen molar-refractivity contribution < 1.29 is 0 Å². The Morgan fingerprint density at radius 3 is 2.85 bits per heavy atom. The molecule has 0 saturated carbocycles. The molecule has 0 aromatic heterocycles. The molecule has 2 N–H and O–H groups in total. The molecule has 0 spiro atoms. The lowest BCUT2D eigenvalue weighted by atomic mass is 9.98. The average Bonchev–Trinajstić information content (AvgIpc) is 2.03. The summed E-state index contributed by atoms with van der Waals surface area (Å²) in [5, 5.41) is 0.757. The lowest BCUT2D eigenvalue weighted by Crippen LogP contribution is -2.11. The summed E-state index contributed by atoms with van der Waals surface area (Å²) in [4.78, 5) is 0.549. The monoisotopic (exact) mass is 213 g/mol. The number of benzene rings is 1. The second kappa shape index (κ2) is 4.58. The zero-order valence-electron chi connectivity index (χ0n) is 7.46. The van der Waals surface area contributed by atoms with Gasteiger partial charge in [-0.05, 0) is 23.6 Å². The molecule has 0 heterocycles. The molecule has 1 aromatic rings. The Kier molecular flexibility index (Phi) is 3.70. The van der Waals surface area contributed by atoms with Gasteiger partial charge in [0, 0.05) is 11.4 Å². The number of hydrogen-bond donors (Lipinski definition) is 1. The third-order valence-electron chi connectivity index (χ3n) is 1.93. The largest absolute Gasteiger partial charge is 0.393 e. The third kappa shape index (κ3) is 3.33. The molecule has 0 saturated heterocycles.